The van der Waals surface area contributed by atoms with E-state index in [1.54, 1.807) is 0 Å². The third-order valence-electron chi connectivity index (χ3n) is 3.29. The highest BCUT2D eigenvalue weighted by atomic mass is 32.2. The zero-order valence-corrected chi connectivity index (χ0v) is 13.4. The Morgan fingerprint density at radius 1 is 1.21 bits per heavy atom. The van der Waals surface area contributed by atoms with Gasteiger partial charge in [-0.05, 0) is 58.5 Å². The van der Waals surface area contributed by atoms with Crippen LogP contribution in [0.4, 0.5) is 0 Å². The molecule has 1 saturated heterocycles. The van der Waals surface area contributed by atoms with E-state index < -0.39 is 0 Å². The van der Waals surface area contributed by atoms with Gasteiger partial charge in [0, 0.05) is 25.4 Å². The molecule has 0 radical (unpaired) electrons. The zero-order chi connectivity index (χ0) is 13.8. The largest absolute Gasteiger partial charge is 0.357 e. The summed E-state index contributed by atoms with van der Waals surface area (Å²) in [6.45, 7) is 8.83. The van der Waals surface area contributed by atoms with E-state index in [2.05, 4.69) is 33.7 Å². The molecule has 0 unspecified atom stereocenters. The van der Waals surface area contributed by atoms with Crippen molar-refractivity contribution < 1.29 is 0 Å². The summed E-state index contributed by atoms with van der Waals surface area (Å²) in [5, 5.41) is 6.65. The van der Waals surface area contributed by atoms with E-state index in [4.69, 9.17) is 0 Å². The van der Waals surface area contributed by atoms with Crippen LogP contribution in [0.1, 0.15) is 32.6 Å². The van der Waals surface area contributed by atoms with E-state index in [1.807, 2.05) is 11.8 Å². The Kier molecular flexibility index (Phi) is 9.99. The van der Waals surface area contributed by atoms with E-state index in [0.717, 1.165) is 31.3 Å². The smallest absolute Gasteiger partial charge is 0.191 e. The van der Waals surface area contributed by atoms with Gasteiger partial charge < -0.3 is 15.5 Å². The van der Waals surface area contributed by atoms with Gasteiger partial charge in [-0.25, -0.2) is 0 Å². The first-order chi connectivity index (χ1) is 9.36. The Balaban J connectivity index is 2.07. The third-order valence-corrected chi connectivity index (χ3v) is 3.91. The molecule has 1 fully saturated rings. The van der Waals surface area contributed by atoms with Crippen molar-refractivity contribution in [3.63, 3.8) is 0 Å². The summed E-state index contributed by atoms with van der Waals surface area (Å²) in [5.41, 5.74) is 0. The van der Waals surface area contributed by atoms with Crippen LogP contribution in [0.3, 0.4) is 0 Å². The Labute approximate surface area is 122 Å². The van der Waals surface area contributed by atoms with Crippen LogP contribution >= 0.6 is 11.8 Å². The van der Waals surface area contributed by atoms with Crippen LogP contribution in [-0.4, -0.2) is 62.1 Å². The number of aliphatic imine (C=N–C) groups is 1. The molecule has 0 aliphatic carbocycles. The van der Waals surface area contributed by atoms with Crippen LogP contribution < -0.4 is 10.6 Å². The Morgan fingerprint density at radius 3 is 2.68 bits per heavy atom. The van der Waals surface area contributed by atoms with Gasteiger partial charge >= 0.3 is 0 Å². The summed E-state index contributed by atoms with van der Waals surface area (Å²) in [7, 11) is 0. The molecule has 0 atom stereocenters. The van der Waals surface area contributed by atoms with Gasteiger partial charge in [0.1, 0.15) is 0 Å². The molecule has 0 spiro atoms. The maximum Gasteiger partial charge on any atom is 0.191 e. The van der Waals surface area contributed by atoms with Crippen molar-refractivity contribution in [2.24, 2.45) is 4.99 Å². The molecule has 5 heteroatoms. The lowest BCUT2D eigenvalue weighted by Gasteiger charge is -2.14. The lowest BCUT2D eigenvalue weighted by Crippen LogP contribution is -2.38. The van der Waals surface area contributed by atoms with Gasteiger partial charge in [0.2, 0.25) is 0 Å². The van der Waals surface area contributed by atoms with Gasteiger partial charge in [0.25, 0.3) is 0 Å². The number of rotatable bonds is 9. The quantitative estimate of drug-likeness (QED) is 0.385. The maximum absolute atomic E-state index is 4.62. The Morgan fingerprint density at radius 2 is 2.00 bits per heavy atom. The number of nitrogens with one attached hydrogen (secondary N) is 2. The molecule has 1 aliphatic rings. The summed E-state index contributed by atoms with van der Waals surface area (Å²) < 4.78 is 0. The second-order valence-corrected chi connectivity index (χ2v) is 5.92. The van der Waals surface area contributed by atoms with Crippen LogP contribution in [0, 0.1) is 0 Å². The van der Waals surface area contributed by atoms with Gasteiger partial charge in [0.15, 0.2) is 5.96 Å². The van der Waals surface area contributed by atoms with Crippen LogP contribution in [0.5, 0.6) is 0 Å². The molecule has 0 aromatic rings. The SMILES string of the molecule is CCNC(=NCCCCN1CCCC1)NCCSC. The summed E-state index contributed by atoms with van der Waals surface area (Å²) >= 11 is 1.86. The highest BCUT2D eigenvalue weighted by Crippen LogP contribution is 2.08. The van der Waals surface area contributed by atoms with Gasteiger partial charge in [-0.3, -0.25) is 4.99 Å². The molecule has 2 N–H and O–H groups in total. The number of unbranched alkanes of at least 4 members (excludes halogenated alkanes) is 1. The molecule has 4 nitrogen and oxygen atoms in total. The first-order valence-corrected chi connectivity index (χ1v) is 8.99. The molecule has 0 aromatic carbocycles. The second kappa shape index (κ2) is 11.4. The number of likely N-dealkylation sites (tertiary alicyclic amines) is 1. The summed E-state index contributed by atoms with van der Waals surface area (Å²) in [4.78, 5) is 7.19. The standard InChI is InChI=1S/C14H30N4S/c1-3-15-14(17-9-13-19-2)16-8-4-5-10-18-11-6-7-12-18/h3-13H2,1-2H3,(H2,15,16,17). The van der Waals surface area contributed by atoms with Gasteiger partial charge in [-0.1, -0.05) is 0 Å². The van der Waals surface area contributed by atoms with Crippen LogP contribution in [0.15, 0.2) is 4.99 Å². The summed E-state index contributed by atoms with van der Waals surface area (Å²) in [5.74, 6) is 2.09. The highest BCUT2D eigenvalue weighted by Gasteiger charge is 2.09. The molecule has 0 aromatic heterocycles. The van der Waals surface area contributed by atoms with E-state index in [9.17, 15) is 0 Å². The normalized spacial score (nSPS) is 16.8. The average molecular weight is 286 g/mol. The molecule has 19 heavy (non-hydrogen) atoms. The minimum absolute atomic E-state index is 0.929. The van der Waals surface area contributed by atoms with E-state index >= 15 is 0 Å². The number of nitrogens with zero attached hydrogens (tertiary/aromatic N) is 2. The van der Waals surface area contributed by atoms with Crippen LogP contribution in [-0.2, 0) is 0 Å². The van der Waals surface area contributed by atoms with Crippen molar-refractivity contribution in [3.05, 3.63) is 0 Å². The third kappa shape index (κ3) is 8.37. The average Bonchev–Trinajstić information content (AvgIpc) is 2.91. The molecule has 1 heterocycles. The first-order valence-electron chi connectivity index (χ1n) is 7.60. The predicted molar refractivity (Wildman–Crippen MR) is 87.3 cm³/mol. The Hall–Kier alpha value is -0.420. The van der Waals surface area contributed by atoms with Crippen molar-refractivity contribution in [1.29, 1.82) is 0 Å². The summed E-state index contributed by atoms with van der Waals surface area (Å²) in [6, 6.07) is 0. The lowest BCUT2D eigenvalue weighted by atomic mass is 10.3. The van der Waals surface area contributed by atoms with E-state index in [1.165, 1.54) is 45.3 Å². The van der Waals surface area contributed by atoms with Crippen molar-refractivity contribution in [1.82, 2.24) is 15.5 Å². The minimum atomic E-state index is 0.929. The van der Waals surface area contributed by atoms with Crippen LogP contribution in [0.2, 0.25) is 0 Å². The van der Waals surface area contributed by atoms with Crippen molar-refractivity contribution in [2.75, 3.05) is 51.3 Å². The van der Waals surface area contributed by atoms with Gasteiger partial charge in [0.05, 0.1) is 0 Å². The predicted octanol–water partition coefficient (Wildman–Crippen LogP) is 1.78. The summed E-state index contributed by atoms with van der Waals surface area (Å²) in [6.07, 6.45) is 7.37. The van der Waals surface area contributed by atoms with E-state index in [0.29, 0.717) is 0 Å². The lowest BCUT2D eigenvalue weighted by molar-refractivity contribution is 0.331. The maximum atomic E-state index is 4.62. The number of guanidine groups is 1. The molecular weight excluding hydrogens is 256 g/mol. The van der Waals surface area contributed by atoms with Crippen molar-refractivity contribution >= 4 is 17.7 Å². The molecule has 0 bridgehead atoms. The van der Waals surface area contributed by atoms with Gasteiger partial charge in [-0.15, -0.1) is 0 Å². The molecule has 1 rings (SSSR count). The first kappa shape index (κ1) is 16.6. The van der Waals surface area contributed by atoms with Crippen LogP contribution in [0.25, 0.3) is 0 Å². The fourth-order valence-corrected chi connectivity index (χ4v) is 2.56. The molecule has 1 aliphatic heterocycles. The highest BCUT2D eigenvalue weighted by molar-refractivity contribution is 7.98. The van der Waals surface area contributed by atoms with Gasteiger partial charge in [-0.2, -0.15) is 11.8 Å². The number of hydrogen-bond acceptors (Lipinski definition) is 3. The number of hydrogen-bond donors (Lipinski definition) is 2. The molecular formula is C14H30N4S. The molecule has 0 saturated carbocycles. The zero-order valence-electron chi connectivity index (χ0n) is 12.6. The topological polar surface area (TPSA) is 39.7 Å². The van der Waals surface area contributed by atoms with Crippen molar-refractivity contribution in [2.45, 2.75) is 32.6 Å². The fourth-order valence-electron chi connectivity index (χ4n) is 2.26. The Bertz CT molecular complexity index is 240. The monoisotopic (exact) mass is 286 g/mol. The fraction of sp³-hybridized carbons (Fsp3) is 0.929. The van der Waals surface area contributed by atoms with E-state index in [-0.39, 0.29) is 0 Å². The van der Waals surface area contributed by atoms with Crippen molar-refractivity contribution in [3.8, 4) is 0 Å². The molecule has 112 valence electrons. The second-order valence-electron chi connectivity index (χ2n) is 4.94. The molecule has 0 amide bonds. The minimum Gasteiger partial charge on any atom is -0.357 e. The number of thioether (sulfide) groups is 1.